The van der Waals surface area contributed by atoms with E-state index in [1.165, 1.54) is 168 Å². The maximum Gasteiger partial charge on any atom is 0.422 e. The summed E-state index contributed by atoms with van der Waals surface area (Å²) in [5, 5.41) is 0. The Morgan fingerprint density at radius 1 is 0.294 bits per heavy atom. The molecule has 0 radical (unpaired) electrons. The average molecular weight is 1510 g/mol. The Morgan fingerprint density at radius 2 is 0.510 bits per heavy atom. The van der Waals surface area contributed by atoms with Gasteiger partial charge in [-0.1, -0.05) is 129 Å². The number of amides is 4. The van der Waals surface area contributed by atoms with E-state index in [1.807, 2.05) is 24.3 Å². The van der Waals surface area contributed by atoms with E-state index in [1.54, 1.807) is 110 Å². The Bertz CT molecular complexity index is 4250. The van der Waals surface area contributed by atoms with Crippen LogP contribution in [0.2, 0.25) is 0 Å². The summed E-state index contributed by atoms with van der Waals surface area (Å²) in [5.41, 5.74) is 0.362. The fraction of sp³-hybridized carbons (Fsp3) is 0.381. The molecule has 102 heavy (non-hydrogen) atoms. The van der Waals surface area contributed by atoms with E-state index in [2.05, 4.69) is 135 Å². The molecule has 0 fully saturated rings. The number of ether oxygens (including phenoxy) is 4. The largest absolute Gasteiger partial charge is 0.494 e. The van der Waals surface area contributed by atoms with Gasteiger partial charge in [0.15, 0.2) is 0 Å². The summed E-state index contributed by atoms with van der Waals surface area (Å²) in [6.45, 7) is 16.4. The molecule has 534 valence electrons. The summed E-state index contributed by atoms with van der Waals surface area (Å²) in [7, 11) is 0. The Hall–Kier alpha value is -7.00. The van der Waals surface area contributed by atoms with Crippen LogP contribution in [0.3, 0.4) is 0 Å². The lowest BCUT2D eigenvalue weighted by Crippen LogP contribution is -2.40. The third kappa shape index (κ3) is 18.7. The minimum atomic E-state index is -0.987. The zero-order valence-electron chi connectivity index (χ0n) is 59.8. The number of fused-ring (bicyclic) bond motifs is 1. The van der Waals surface area contributed by atoms with E-state index >= 15 is 9.59 Å². The number of thiophene rings is 8. The van der Waals surface area contributed by atoms with Gasteiger partial charge in [0.25, 0.3) is 11.8 Å². The van der Waals surface area contributed by atoms with Gasteiger partial charge in [-0.3, -0.25) is 9.59 Å². The van der Waals surface area contributed by atoms with E-state index in [0.717, 1.165) is 97.5 Å². The fourth-order valence-corrected chi connectivity index (χ4v) is 21.3. The van der Waals surface area contributed by atoms with Gasteiger partial charge in [-0.25, -0.2) is 19.4 Å². The monoisotopic (exact) mass is 1510 g/mol. The minimum absolute atomic E-state index is 0.0621. The predicted molar refractivity (Wildman–Crippen MR) is 434 cm³/mol. The molecule has 0 N–H and O–H groups in total. The van der Waals surface area contributed by atoms with Crippen molar-refractivity contribution >= 4 is 126 Å². The summed E-state index contributed by atoms with van der Waals surface area (Å²) in [6.07, 6.45) is 24.2. The Morgan fingerprint density at radius 3 is 0.765 bits per heavy atom. The lowest BCUT2D eigenvalue weighted by Gasteiger charge is -2.27. The van der Waals surface area contributed by atoms with E-state index < -0.39 is 35.2 Å². The van der Waals surface area contributed by atoms with Crippen LogP contribution in [-0.2, 0) is 19.1 Å². The number of benzene rings is 2. The Balaban J connectivity index is 0.728. The van der Waals surface area contributed by atoms with Gasteiger partial charge >= 0.3 is 12.2 Å². The molecule has 2 aromatic carbocycles. The molecule has 0 saturated carbocycles. The van der Waals surface area contributed by atoms with Crippen molar-refractivity contribution in [2.45, 2.75) is 195 Å². The third-order valence-corrected chi connectivity index (χ3v) is 27.7. The number of hydrogen-bond donors (Lipinski definition) is 0. The zero-order chi connectivity index (χ0) is 71.3. The van der Waals surface area contributed by atoms with Crippen LogP contribution in [0.5, 0.6) is 11.5 Å². The van der Waals surface area contributed by atoms with Crippen LogP contribution in [0.25, 0.3) is 90.8 Å². The van der Waals surface area contributed by atoms with Crippen molar-refractivity contribution in [1.29, 1.82) is 0 Å². The van der Waals surface area contributed by atoms with E-state index in [-0.39, 0.29) is 22.5 Å². The van der Waals surface area contributed by atoms with E-state index in [9.17, 15) is 9.59 Å². The highest BCUT2D eigenvalue weighted by atomic mass is 32.1. The predicted octanol–water partition coefficient (Wildman–Crippen LogP) is 27.8. The normalized spacial score (nSPS) is 13.4. The quantitative estimate of drug-likeness (QED) is 0.0367. The minimum Gasteiger partial charge on any atom is -0.494 e. The summed E-state index contributed by atoms with van der Waals surface area (Å²) in [6, 6.07) is 50.4. The lowest BCUT2D eigenvalue weighted by molar-refractivity contribution is -0.123. The number of hydrogen-bond acceptors (Lipinski definition) is 16. The lowest BCUT2D eigenvalue weighted by atomic mass is 10.1. The van der Waals surface area contributed by atoms with Crippen LogP contribution in [0, 0.1) is 0 Å². The van der Waals surface area contributed by atoms with Crippen LogP contribution in [0.15, 0.2) is 157 Å². The van der Waals surface area contributed by atoms with Crippen molar-refractivity contribution in [2.75, 3.05) is 13.2 Å². The van der Waals surface area contributed by atoms with Crippen LogP contribution in [0.4, 0.5) is 9.59 Å². The molecule has 0 spiro atoms. The molecule has 12 rings (SSSR count). The highest BCUT2D eigenvalue weighted by molar-refractivity contribution is 7.30. The van der Waals surface area contributed by atoms with Gasteiger partial charge in [0.05, 0.1) is 45.5 Å². The van der Waals surface area contributed by atoms with Gasteiger partial charge in [-0.15, -0.1) is 90.7 Å². The van der Waals surface area contributed by atoms with Gasteiger partial charge in [-0.2, -0.15) is 0 Å². The molecule has 10 aromatic rings. The standard InChI is InChI=1S/C84H92N2O8S8/c1-9-11-13-15-17-19-21-23-25-27-53-91-57-33-29-55(30-34-57)59-37-39-61(95-59)63-41-43-65(97-63)67-45-47-69(99-67)71-49-51-73(101-71)77-75-76(80(88)85(77)81(89)93-83(3,4)5)78(86(79(75)87)82(90)94-84(6,7)8)74-52-50-72(102-74)70-48-46-68(100-70)66-44-42-64(98-66)62-40-38-60(96-62)56-31-35-58(36-32-56)92-54-28-26-24-22-20-18-16-14-12-10-2/h29-52H,9-28,53-54H2,1-8H3. The maximum atomic E-state index is 15.3. The summed E-state index contributed by atoms with van der Waals surface area (Å²) in [4.78, 5) is 77.9. The van der Waals surface area contributed by atoms with Gasteiger partial charge in [0.2, 0.25) is 0 Å². The molecule has 8 aromatic heterocycles. The van der Waals surface area contributed by atoms with E-state index in [4.69, 9.17) is 18.9 Å². The van der Waals surface area contributed by atoms with Crippen molar-refractivity contribution in [2.24, 2.45) is 0 Å². The summed E-state index contributed by atoms with van der Waals surface area (Å²) >= 11 is 13.1. The molecule has 0 aliphatic carbocycles. The SMILES string of the molecule is CCCCCCCCCCCCOc1ccc(-c2ccc(-c3ccc(-c4ccc(-c5ccc(C6=C7C(=O)N(C(=O)OC(C)(C)C)C(c8ccc(-c9ccc(-c%10ccc(-c%11ccc(-c%12ccc(OCCCCCCCCCCCC)cc%12)s%11)s%10)s9)s8)=C7C(=O)N6C(=O)OC(C)(C)C)s5)s4)s3)s2)cc1. The zero-order valence-corrected chi connectivity index (χ0v) is 66.4. The number of carbonyl (C=O) groups excluding carboxylic acids is 4. The van der Waals surface area contributed by atoms with E-state index in [0.29, 0.717) is 9.75 Å². The van der Waals surface area contributed by atoms with Crippen LogP contribution >= 0.6 is 90.7 Å². The second-order valence-corrected chi connectivity index (χ2v) is 36.8. The van der Waals surface area contributed by atoms with Gasteiger partial charge in [0, 0.05) is 68.3 Å². The molecule has 0 atom stereocenters. The third-order valence-electron chi connectivity index (χ3n) is 17.7. The number of imide groups is 2. The van der Waals surface area contributed by atoms with Crippen molar-refractivity contribution < 1.29 is 38.1 Å². The highest BCUT2D eigenvalue weighted by Gasteiger charge is 2.55. The topological polar surface area (TPSA) is 112 Å². The molecule has 2 aliphatic heterocycles. The fourth-order valence-electron chi connectivity index (χ4n) is 12.6. The van der Waals surface area contributed by atoms with Gasteiger partial charge in [0.1, 0.15) is 22.7 Å². The smallest absolute Gasteiger partial charge is 0.422 e. The van der Waals surface area contributed by atoms with Crippen molar-refractivity contribution in [3.63, 3.8) is 0 Å². The molecular weight excluding hydrogens is 1420 g/mol. The van der Waals surface area contributed by atoms with Crippen LogP contribution in [0.1, 0.15) is 194 Å². The first-order valence-electron chi connectivity index (χ1n) is 36.3. The van der Waals surface area contributed by atoms with Gasteiger partial charge < -0.3 is 18.9 Å². The Kier molecular flexibility index (Phi) is 25.4. The molecule has 0 saturated heterocycles. The second-order valence-electron chi connectivity index (χ2n) is 28.1. The first-order chi connectivity index (χ1) is 49.4. The average Bonchev–Trinajstić information content (AvgIpc) is 1.54. The number of unbranched alkanes of at least 4 members (excludes halogenated alkanes) is 18. The number of nitrogens with zero attached hydrogens (tertiary/aromatic N) is 2. The Labute approximate surface area is 634 Å². The summed E-state index contributed by atoms with van der Waals surface area (Å²) in [5.74, 6) is 0.290. The van der Waals surface area contributed by atoms with Crippen molar-refractivity contribution in [1.82, 2.24) is 9.80 Å². The van der Waals surface area contributed by atoms with Crippen molar-refractivity contribution in [3.8, 4) is 90.9 Å². The molecule has 0 bridgehead atoms. The summed E-state index contributed by atoms with van der Waals surface area (Å²) < 4.78 is 24.1. The molecule has 10 heterocycles. The molecular formula is C84H92N2O8S8. The molecule has 4 amide bonds. The van der Waals surface area contributed by atoms with Crippen molar-refractivity contribution in [3.05, 3.63) is 166 Å². The second kappa shape index (κ2) is 34.7. The van der Waals surface area contributed by atoms with Crippen LogP contribution in [-0.4, -0.2) is 58.2 Å². The number of carbonyl (C=O) groups is 4. The molecule has 0 unspecified atom stereocenters. The molecule has 10 nitrogen and oxygen atoms in total. The first kappa shape index (κ1) is 74.7. The highest BCUT2D eigenvalue weighted by Crippen LogP contribution is 2.53. The van der Waals surface area contributed by atoms with Crippen LogP contribution < -0.4 is 9.47 Å². The molecule has 18 heteroatoms. The number of rotatable bonds is 34. The first-order valence-corrected chi connectivity index (χ1v) is 42.9. The molecule has 2 aliphatic rings. The maximum absolute atomic E-state index is 15.3. The van der Waals surface area contributed by atoms with Gasteiger partial charge in [-0.05, 0) is 211 Å².